The molecule has 182 valence electrons. The summed E-state index contributed by atoms with van der Waals surface area (Å²) in [6.45, 7) is 7.91. The molecule has 1 aliphatic rings. The molecule has 4 aromatic rings. The van der Waals surface area contributed by atoms with Gasteiger partial charge in [0.1, 0.15) is 0 Å². The van der Waals surface area contributed by atoms with Crippen molar-refractivity contribution in [1.82, 2.24) is 14.9 Å². The Bertz CT molecular complexity index is 1410. The molecule has 1 aliphatic heterocycles. The van der Waals surface area contributed by atoms with Gasteiger partial charge >= 0.3 is 0 Å². The predicted molar refractivity (Wildman–Crippen MR) is 149 cm³/mol. The molecule has 2 atom stereocenters. The second-order valence-electron chi connectivity index (χ2n) is 9.22. The van der Waals surface area contributed by atoms with E-state index >= 15 is 0 Å². The Labute approximate surface area is 217 Å². The molecule has 7 heteroatoms. The van der Waals surface area contributed by atoms with Crippen LogP contribution in [-0.2, 0) is 4.79 Å². The number of thiocarbonyl (C=S) groups is 1. The lowest BCUT2D eigenvalue weighted by Gasteiger charge is -2.28. The number of carbonyl (C=O) groups is 1. The Morgan fingerprint density at radius 1 is 0.972 bits per heavy atom. The van der Waals surface area contributed by atoms with Crippen molar-refractivity contribution in [2.75, 3.05) is 10.2 Å². The number of nitrogens with zero attached hydrogens (tertiary/aromatic N) is 3. The fraction of sp³-hybridized carbons (Fsp3) is 0.207. The second-order valence-corrected chi connectivity index (χ2v) is 9.61. The predicted octanol–water partition coefficient (Wildman–Crippen LogP) is 5.93. The van der Waals surface area contributed by atoms with E-state index < -0.39 is 0 Å². The number of hydrogen-bond donors (Lipinski definition) is 2. The van der Waals surface area contributed by atoms with Gasteiger partial charge in [0.25, 0.3) is 0 Å². The first-order valence-corrected chi connectivity index (χ1v) is 12.4. The summed E-state index contributed by atoms with van der Waals surface area (Å²) in [5.74, 6) is -0.0993. The number of rotatable bonds is 5. The highest BCUT2D eigenvalue weighted by Gasteiger charge is 2.42. The number of aromatic nitrogens is 2. The van der Waals surface area contributed by atoms with Crippen LogP contribution < -0.4 is 15.5 Å². The maximum atomic E-state index is 11.5. The van der Waals surface area contributed by atoms with Gasteiger partial charge in [0.05, 0.1) is 17.8 Å². The van der Waals surface area contributed by atoms with E-state index in [0.29, 0.717) is 5.11 Å². The zero-order valence-electron chi connectivity index (χ0n) is 20.8. The van der Waals surface area contributed by atoms with Gasteiger partial charge in [0, 0.05) is 41.6 Å². The first-order valence-electron chi connectivity index (χ1n) is 12.0. The van der Waals surface area contributed by atoms with E-state index in [9.17, 15) is 4.79 Å². The molecule has 0 aliphatic carbocycles. The van der Waals surface area contributed by atoms with Crippen LogP contribution in [0.15, 0.2) is 79.0 Å². The number of amides is 1. The Kier molecular flexibility index (Phi) is 6.33. The van der Waals surface area contributed by atoms with Crippen LogP contribution in [0.25, 0.3) is 5.69 Å². The molecule has 0 bridgehead atoms. The highest BCUT2D eigenvalue weighted by atomic mass is 32.1. The molecule has 3 heterocycles. The van der Waals surface area contributed by atoms with Gasteiger partial charge in [-0.15, -0.1) is 0 Å². The van der Waals surface area contributed by atoms with Gasteiger partial charge in [-0.1, -0.05) is 23.8 Å². The van der Waals surface area contributed by atoms with E-state index in [1.165, 1.54) is 18.1 Å². The van der Waals surface area contributed by atoms with Crippen molar-refractivity contribution >= 4 is 34.6 Å². The highest BCUT2D eigenvalue weighted by Crippen LogP contribution is 2.43. The van der Waals surface area contributed by atoms with Crippen LogP contribution in [0.3, 0.4) is 0 Å². The minimum absolute atomic E-state index is 0.0993. The molecule has 6 nitrogen and oxygen atoms in total. The van der Waals surface area contributed by atoms with Crippen LogP contribution in [0.4, 0.5) is 11.4 Å². The minimum atomic E-state index is -0.124. The molecule has 2 N–H and O–H groups in total. The second kappa shape index (κ2) is 9.59. The number of carbonyl (C=O) groups excluding carboxylic acids is 1. The molecule has 5 rings (SSSR count). The summed E-state index contributed by atoms with van der Waals surface area (Å²) < 4.78 is 2.30. The zero-order valence-corrected chi connectivity index (χ0v) is 21.6. The number of aryl methyl sites for hydroxylation is 2. The summed E-state index contributed by atoms with van der Waals surface area (Å²) in [5.41, 5.74) is 8.50. The molecule has 36 heavy (non-hydrogen) atoms. The summed E-state index contributed by atoms with van der Waals surface area (Å²) in [7, 11) is 0. The first kappa shape index (κ1) is 23.8. The lowest BCUT2D eigenvalue weighted by atomic mass is 9.96. The summed E-state index contributed by atoms with van der Waals surface area (Å²) in [6.07, 6.45) is 1.82. The summed E-state index contributed by atoms with van der Waals surface area (Å²) in [5, 5.41) is 7.01. The van der Waals surface area contributed by atoms with E-state index in [1.54, 1.807) is 0 Å². The van der Waals surface area contributed by atoms with Crippen LogP contribution >= 0.6 is 12.2 Å². The molecule has 1 saturated heterocycles. The van der Waals surface area contributed by atoms with Gasteiger partial charge in [-0.2, -0.15) is 0 Å². The number of pyridine rings is 1. The maximum absolute atomic E-state index is 11.5. The number of benzene rings is 2. The van der Waals surface area contributed by atoms with E-state index in [2.05, 4.69) is 76.2 Å². The van der Waals surface area contributed by atoms with Gasteiger partial charge in [-0.25, -0.2) is 0 Å². The Morgan fingerprint density at radius 3 is 2.31 bits per heavy atom. The monoisotopic (exact) mass is 495 g/mol. The van der Waals surface area contributed by atoms with Crippen LogP contribution in [0, 0.1) is 20.8 Å². The van der Waals surface area contributed by atoms with E-state index in [0.717, 1.165) is 34.1 Å². The summed E-state index contributed by atoms with van der Waals surface area (Å²) in [4.78, 5) is 18.3. The number of hydrogen-bond acceptors (Lipinski definition) is 3. The molecule has 0 saturated carbocycles. The average Bonchev–Trinajstić information content (AvgIpc) is 3.35. The van der Waals surface area contributed by atoms with Crippen molar-refractivity contribution in [3.8, 4) is 5.69 Å². The highest BCUT2D eigenvalue weighted by molar-refractivity contribution is 7.80. The Hall–Kier alpha value is -3.97. The average molecular weight is 496 g/mol. The van der Waals surface area contributed by atoms with Gasteiger partial charge in [0.15, 0.2) is 5.11 Å². The van der Waals surface area contributed by atoms with Crippen molar-refractivity contribution in [2.45, 2.75) is 39.8 Å². The quantitative estimate of drug-likeness (QED) is 0.336. The van der Waals surface area contributed by atoms with E-state index in [-0.39, 0.29) is 18.0 Å². The van der Waals surface area contributed by atoms with Crippen molar-refractivity contribution in [3.05, 3.63) is 107 Å². The maximum Gasteiger partial charge on any atom is 0.221 e. The molecule has 0 radical (unpaired) electrons. The van der Waals surface area contributed by atoms with Gasteiger partial charge in [-0.05, 0) is 93.1 Å². The molecular weight excluding hydrogens is 466 g/mol. The van der Waals surface area contributed by atoms with Crippen LogP contribution in [0.2, 0.25) is 0 Å². The third-order valence-corrected chi connectivity index (χ3v) is 6.96. The van der Waals surface area contributed by atoms with Gasteiger partial charge < -0.3 is 20.1 Å². The smallest absolute Gasteiger partial charge is 0.221 e. The molecule has 0 unspecified atom stereocenters. The lowest BCUT2D eigenvalue weighted by molar-refractivity contribution is -0.114. The Balaban J connectivity index is 1.62. The molecule has 1 fully saturated rings. The number of nitrogens with one attached hydrogen (secondary N) is 2. The molecule has 2 aromatic heterocycles. The van der Waals surface area contributed by atoms with Crippen molar-refractivity contribution in [3.63, 3.8) is 0 Å². The standard InChI is InChI=1S/C29H29N5OS/c1-18-8-12-23(13-9-18)33-19(2)17-25(20(33)3)28-27(26-7-5-6-16-30-26)32-29(36)34(28)24-14-10-22(11-15-24)31-21(4)35/h5-17,27-28H,1-4H3,(H,31,35)(H,32,36)/t27-,28-/m0/s1. The largest absolute Gasteiger partial charge is 0.351 e. The van der Waals surface area contributed by atoms with Crippen molar-refractivity contribution < 1.29 is 4.79 Å². The van der Waals surface area contributed by atoms with Crippen LogP contribution in [0.1, 0.15) is 47.2 Å². The summed E-state index contributed by atoms with van der Waals surface area (Å²) >= 11 is 5.88. The normalized spacial score (nSPS) is 17.2. The van der Waals surface area contributed by atoms with E-state index in [1.807, 2.05) is 48.7 Å². The molecule has 2 aromatic carbocycles. The fourth-order valence-electron chi connectivity index (χ4n) is 5.04. The summed E-state index contributed by atoms with van der Waals surface area (Å²) in [6, 6.07) is 24.4. The van der Waals surface area contributed by atoms with Gasteiger partial charge in [-0.3, -0.25) is 9.78 Å². The van der Waals surface area contributed by atoms with Gasteiger partial charge in [0.2, 0.25) is 5.91 Å². The van der Waals surface area contributed by atoms with Crippen LogP contribution in [-0.4, -0.2) is 20.6 Å². The minimum Gasteiger partial charge on any atom is -0.351 e. The topological polar surface area (TPSA) is 62.2 Å². The molecule has 1 amide bonds. The van der Waals surface area contributed by atoms with E-state index in [4.69, 9.17) is 12.2 Å². The van der Waals surface area contributed by atoms with Crippen LogP contribution in [0.5, 0.6) is 0 Å². The SMILES string of the molecule is CC(=O)Nc1ccc(N2C(=S)N[C@@H](c3ccccn3)[C@@H]2c2cc(C)n(-c3ccc(C)cc3)c2C)cc1. The Morgan fingerprint density at radius 2 is 1.67 bits per heavy atom. The van der Waals surface area contributed by atoms with Crippen molar-refractivity contribution in [2.24, 2.45) is 0 Å². The number of anilines is 2. The van der Waals surface area contributed by atoms with Crippen molar-refractivity contribution in [1.29, 1.82) is 0 Å². The molecular formula is C29H29N5OS. The lowest BCUT2D eigenvalue weighted by Crippen LogP contribution is -2.29. The molecule has 0 spiro atoms. The first-order chi connectivity index (χ1) is 17.3. The fourth-order valence-corrected chi connectivity index (χ4v) is 5.38. The zero-order chi connectivity index (χ0) is 25.4. The third kappa shape index (κ3) is 4.38. The third-order valence-electron chi connectivity index (χ3n) is 6.65.